The molecule has 0 saturated carbocycles. The molecule has 0 aliphatic carbocycles. The first-order chi connectivity index (χ1) is 8.52. The van der Waals surface area contributed by atoms with E-state index in [1.807, 2.05) is 30.3 Å². The molecule has 0 aliphatic heterocycles. The minimum absolute atomic E-state index is 0.240. The summed E-state index contributed by atoms with van der Waals surface area (Å²) in [6.45, 7) is 0.266. The zero-order chi connectivity index (χ0) is 13.3. The van der Waals surface area contributed by atoms with Gasteiger partial charge in [-0.2, -0.15) is 0 Å². The third-order valence-corrected chi connectivity index (χ3v) is 3.43. The van der Waals surface area contributed by atoms with Gasteiger partial charge < -0.3 is 0 Å². The molecule has 6 heteroatoms. The second kappa shape index (κ2) is 5.00. The van der Waals surface area contributed by atoms with Crippen LogP contribution in [0.1, 0.15) is 5.56 Å². The molecule has 1 heterocycles. The van der Waals surface area contributed by atoms with Crippen molar-refractivity contribution in [3.05, 3.63) is 66.6 Å². The predicted molar refractivity (Wildman–Crippen MR) is 71.5 cm³/mol. The highest BCUT2D eigenvalue weighted by molar-refractivity contribution is 6.41. The van der Waals surface area contributed by atoms with Crippen molar-refractivity contribution in [2.75, 3.05) is 0 Å². The van der Waals surface area contributed by atoms with E-state index in [1.54, 1.807) is 0 Å². The van der Waals surface area contributed by atoms with E-state index in [4.69, 9.17) is 23.2 Å². The zero-order valence-corrected chi connectivity index (χ0v) is 11.1. The summed E-state index contributed by atoms with van der Waals surface area (Å²) in [5, 5.41) is -0.482. The molecule has 0 fully saturated rings. The van der Waals surface area contributed by atoms with Gasteiger partial charge in [-0.25, -0.2) is 9.36 Å². The van der Waals surface area contributed by atoms with Crippen molar-refractivity contribution in [3.63, 3.8) is 0 Å². The van der Waals surface area contributed by atoms with E-state index >= 15 is 0 Å². The van der Waals surface area contributed by atoms with Gasteiger partial charge >= 0.3 is 0 Å². The Morgan fingerprint density at radius 1 is 1.00 bits per heavy atom. The van der Waals surface area contributed by atoms with Crippen LogP contribution in [-0.2, 0) is 13.6 Å². The summed E-state index contributed by atoms with van der Waals surface area (Å²) in [7, 11) is 1.48. The summed E-state index contributed by atoms with van der Waals surface area (Å²) in [5.41, 5.74) is -0.0715. The fraction of sp³-hybridized carbons (Fsp3) is 0.167. The fourth-order valence-corrected chi connectivity index (χ4v) is 2.00. The lowest BCUT2D eigenvalue weighted by atomic mass is 10.2. The Morgan fingerprint density at radius 3 is 2.17 bits per heavy atom. The molecule has 4 nitrogen and oxygen atoms in total. The molecule has 0 amide bonds. The van der Waals surface area contributed by atoms with Gasteiger partial charge in [0.2, 0.25) is 0 Å². The van der Waals surface area contributed by atoms with E-state index in [9.17, 15) is 9.59 Å². The topological polar surface area (TPSA) is 44.0 Å². The number of halogens is 2. The van der Waals surface area contributed by atoms with Gasteiger partial charge in [-0.05, 0) is 5.56 Å². The normalized spacial score (nSPS) is 10.6. The van der Waals surface area contributed by atoms with Crippen LogP contribution in [0.3, 0.4) is 0 Å². The molecular weight excluding hydrogens is 275 g/mol. The minimum atomic E-state index is -0.489. The Morgan fingerprint density at radius 2 is 1.56 bits per heavy atom. The van der Waals surface area contributed by atoms with Gasteiger partial charge in [0.1, 0.15) is 10.0 Å². The third kappa shape index (κ3) is 2.21. The quantitative estimate of drug-likeness (QED) is 0.846. The van der Waals surface area contributed by atoms with Crippen molar-refractivity contribution in [1.29, 1.82) is 0 Å². The summed E-state index contributed by atoms with van der Waals surface area (Å²) in [6.07, 6.45) is 0. The average Bonchev–Trinajstić information content (AvgIpc) is 2.40. The highest BCUT2D eigenvalue weighted by atomic mass is 35.5. The maximum atomic E-state index is 12.0. The Labute approximate surface area is 113 Å². The molecular formula is C12H10Cl2N2O2. The summed E-state index contributed by atoms with van der Waals surface area (Å²) in [5.74, 6) is 0. The maximum absolute atomic E-state index is 12.0. The second-order valence-electron chi connectivity index (χ2n) is 3.81. The first kappa shape index (κ1) is 12.9. The lowest BCUT2D eigenvalue weighted by molar-refractivity contribution is 0.497. The molecule has 1 aromatic heterocycles. The van der Waals surface area contributed by atoms with Crippen molar-refractivity contribution in [2.24, 2.45) is 7.05 Å². The SMILES string of the molecule is Cn1c(=O)c(Cl)c(Cl)c(=O)n1Cc1ccccc1. The molecule has 0 saturated heterocycles. The summed E-state index contributed by atoms with van der Waals surface area (Å²) in [6, 6.07) is 9.31. The van der Waals surface area contributed by atoms with Gasteiger partial charge in [-0.1, -0.05) is 53.5 Å². The first-order valence-corrected chi connectivity index (χ1v) is 5.97. The summed E-state index contributed by atoms with van der Waals surface area (Å²) >= 11 is 11.4. The first-order valence-electron chi connectivity index (χ1n) is 5.21. The standard InChI is InChI=1S/C12H10Cl2N2O2/c1-15-11(17)9(13)10(14)12(18)16(15)7-8-5-3-2-4-6-8/h2-6H,7H2,1H3. The molecule has 0 unspecified atom stereocenters. The van der Waals surface area contributed by atoms with E-state index in [0.29, 0.717) is 0 Å². The number of aromatic nitrogens is 2. The number of benzene rings is 1. The Bertz CT molecular complexity index is 690. The monoisotopic (exact) mass is 284 g/mol. The molecule has 0 bridgehead atoms. The number of rotatable bonds is 2. The molecule has 18 heavy (non-hydrogen) atoms. The van der Waals surface area contributed by atoms with Crippen molar-refractivity contribution in [1.82, 2.24) is 9.36 Å². The van der Waals surface area contributed by atoms with Crippen LogP contribution in [0.25, 0.3) is 0 Å². The van der Waals surface area contributed by atoms with Gasteiger partial charge in [-0.3, -0.25) is 9.59 Å². The number of nitrogens with zero attached hydrogens (tertiary/aromatic N) is 2. The smallest absolute Gasteiger partial charge is 0.266 e. The lowest BCUT2D eigenvalue weighted by Gasteiger charge is -2.12. The molecule has 0 radical (unpaired) electrons. The Balaban J connectivity index is 2.60. The highest BCUT2D eigenvalue weighted by Crippen LogP contribution is 2.11. The number of hydrogen-bond donors (Lipinski definition) is 0. The predicted octanol–water partition coefficient (Wildman–Crippen LogP) is 1.90. The van der Waals surface area contributed by atoms with Crippen LogP contribution in [0.2, 0.25) is 10.0 Å². The third-order valence-electron chi connectivity index (χ3n) is 2.63. The van der Waals surface area contributed by atoms with E-state index in [0.717, 1.165) is 5.56 Å². The molecule has 2 aromatic rings. The van der Waals surface area contributed by atoms with E-state index in [-0.39, 0.29) is 16.6 Å². The Kier molecular flexibility index (Phi) is 3.59. The Hall–Kier alpha value is -1.52. The van der Waals surface area contributed by atoms with E-state index < -0.39 is 11.1 Å². The summed E-state index contributed by atoms with van der Waals surface area (Å²) < 4.78 is 2.43. The van der Waals surface area contributed by atoms with Crippen LogP contribution < -0.4 is 11.1 Å². The van der Waals surface area contributed by atoms with Gasteiger partial charge in [0.15, 0.2) is 0 Å². The highest BCUT2D eigenvalue weighted by Gasteiger charge is 2.14. The number of hydrogen-bond acceptors (Lipinski definition) is 2. The fourth-order valence-electron chi connectivity index (χ4n) is 1.62. The van der Waals surface area contributed by atoms with E-state index in [2.05, 4.69) is 0 Å². The van der Waals surface area contributed by atoms with Gasteiger partial charge in [0.05, 0.1) is 6.54 Å². The van der Waals surface area contributed by atoms with Crippen LogP contribution in [0.5, 0.6) is 0 Å². The molecule has 0 aliphatic rings. The van der Waals surface area contributed by atoms with Crippen molar-refractivity contribution < 1.29 is 0 Å². The second-order valence-corrected chi connectivity index (χ2v) is 4.56. The maximum Gasteiger partial charge on any atom is 0.286 e. The van der Waals surface area contributed by atoms with Gasteiger partial charge in [-0.15, -0.1) is 0 Å². The van der Waals surface area contributed by atoms with Crippen LogP contribution in [0.4, 0.5) is 0 Å². The molecule has 0 spiro atoms. The average molecular weight is 285 g/mol. The van der Waals surface area contributed by atoms with Gasteiger partial charge in [0.25, 0.3) is 11.1 Å². The van der Waals surface area contributed by atoms with Crippen molar-refractivity contribution >= 4 is 23.2 Å². The van der Waals surface area contributed by atoms with Crippen LogP contribution in [-0.4, -0.2) is 9.36 Å². The van der Waals surface area contributed by atoms with Crippen molar-refractivity contribution in [2.45, 2.75) is 6.54 Å². The zero-order valence-electron chi connectivity index (χ0n) is 9.56. The lowest BCUT2D eigenvalue weighted by Crippen LogP contribution is -2.37. The van der Waals surface area contributed by atoms with Crippen LogP contribution >= 0.6 is 23.2 Å². The molecule has 1 aromatic carbocycles. The summed E-state index contributed by atoms with van der Waals surface area (Å²) in [4.78, 5) is 23.7. The van der Waals surface area contributed by atoms with Crippen molar-refractivity contribution in [3.8, 4) is 0 Å². The molecule has 2 rings (SSSR count). The minimum Gasteiger partial charge on any atom is -0.266 e. The largest absolute Gasteiger partial charge is 0.286 e. The van der Waals surface area contributed by atoms with E-state index in [1.165, 1.54) is 16.4 Å². The van der Waals surface area contributed by atoms with Crippen LogP contribution in [0, 0.1) is 0 Å². The molecule has 0 N–H and O–H groups in total. The van der Waals surface area contributed by atoms with Gasteiger partial charge in [0, 0.05) is 7.05 Å². The molecule has 0 atom stereocenters. The molecule has 94 valence electrons. The van der Waals surface area contributed by atoms with Crippen LogP contribution in [0.15, 0.2) is 39.9 Å².